The lowest BCUT2D eigenvalue weighted by Gasteiger charge is -2.11. The van der Waals surface area contributed by atoms with Crippen molar-refractivity contribution in [2.24, 2.45) is 0 Å². The SMILES string of the molecule is Fc1ccc2c(c1)[Si](Cl)(Cl)c1ccccc1-2. The zero-order valence-corrected chi connectivity index (χ0v) is 10.7. The molecule has 0 bridgehead atoms. The van der Waals surface area contributed by atoms with Gasteiger partial charge in [0.15, 0.2) is 0 Å². The summed E-state index contributed by atoms with van der Waals surface area (Å²) in [7, 11) is 0. The van der Waals surface area contributed by atoms with Gasteiger partial charge in [-0.05, 0) is 33.6 Å². The summed E-state index contributed by atoms with van der Waals surface area (Å²) in [6, 6.07) is 12.4. The van der Waals surface area contributed by atoms with E-state index < -0.39 is 6.69 Å². The molecule has 0 amide bonds. The zero-order chi connectivity index (χ0) is 11.3. The van der Waals surface area contributed by atoms with E-state index in [1.807, 2.05) is 24.3 Å². The maximum absolute atomic E-state index is 13.2. The van der Waals surface area contributed by atoms with Gasteiger partial charge in [-0.3, -0.25) is 0 Å². The molecule has 0 N–H and O–H groups in total. The third kappa shape index (κ3) is 1.27. The first-order valence-corrected chi connectivity index (χ1v) is 8.91. The number of hydrogen-bond acceptors (Lipinski definition) is 0. The molecule has 0 unspecified atom stereocenters. The summed E-state index contributed by atoms with van der Waals surface area (Å²) in [5, 5.41) is 1.72. The van der Waals surface area contributed by atoms with Crippen LogP contribution in [-0.4, -0.2) is 6.69 Å². The van der Waals surface area contributed by atoms with Gasteiger partial charge in [0.2, 0.25) is 0 Å². The molecular formula is C12H7Cl2FSi. The van der Waals surface area contributed by atoms with Crippen LogP contribution in [0.25, 0.3) is 11.1 Å². The van der Waals surface area contributed by atoms with Crippen LogP contribution in [0.2, 0.25) is 0 Å². The average molecular weight is 269 g/mol. The van der Waals surface area contributed by atoms with E-state index in [1.54, 1.807) is 6.07 Å². The molecule has 16 heavy (non-hydrogen) atoms. The molecule has 0 saturated heterocycles. The van der Waals surface area contributed by atoms with Crippen LogP contribution in [0.3, 0.4) is 0 Å². The minimum Gasteiger partial charge on any atom is -0.207 e. The molecule has 0 aromatic heterocycles. The summed E-state index contributed by atoms with van der Waals surface area (Å²) in [6.45, 7) is -2.71. The van der Waals surface area contributed by atoms with E-state index in [0.717, 1.165) is 21.5 Å². The highest BCUT2D eigenvalue weighted by Gasteiger charge is 2.43. The van der Waals surface area contributed by atoms with Crippen molar-refractivity contribution in [3.05, 3.63) is 48.3 Å². The molecule has 0 fully saturated rings. The Labute approximate surface area is 103 Å². The number of rotatable bonds is 0. The Morgan fingerprint density at radius 1 is 0.875 bits per heavy atom. The Balaban J connectivity index is 2.39. The molecule has 1 heterocycles. The van der Waals surface area contributed by atoms with Crippen LogP contribution < -0.4 is 10.4 Å². The Morgan fingerprint density at radius 3 is 2.38 bits per heavy atom. The van der Waals surface area contributed by atoms with Gasteiger partial charge >= 0.3 is 6.69 Å². The van der Waals surface area contributed by atoms with Crippen molar-refractivity contribution in [1.82, 2.24) is 0 Å². The highest BCUT2D eigenvalue weighted by atomic mass is 35.7. The number of halogens is 3. The molecule has 0 saturated carbocycles. The van der Waals surface area contributed by atoms with Crippen molar-refractivity contribution in [2.75, 3.05) is 0 Å². The van der Waals surface area contributed by atoms with Crippen LogP contribution >= 0.6 is 22.2 Å². The van der Waals surface area contributed by atoms with Crippen molar-refractivity contribution in [1.29, 1.82) is 0 Å². The maximum Gasteiger partial charge on any atom is 0.311 e. The maximum atomic E-state index is 13.2. The second-order valence-electron chi connectivity index (χ2n) is 3.81. The van der Waals surface area contributed by atoms with Crippen LogP contribution in [-0.2, 0) is 0 Å². The fourth-order valence-electron chi connectivity index (χ4n) is 2.15. The van der Waals surface area contributed by atoms with Crippen molar-refractivity contribution in [3.8, 4) is 11.1 Å². The third-order valence-corrected chi connectivity index (χ3v) is 7.52. The smallest absolute Gasteiger partial charge is 0.207 e. The molecule has 0 aliphatic carbocycles. The Morgan fingerprint density at radius 2 is 1.56 bits per heavy atom. The molecule has 4 heteroatoms. The van der Waals surface area contributed by atoms with Crippen molar-refractivity contribution >= 4 is 39.2 Å². The largest absolute Gasteiger partial charge is 0.311 e. The summed E-state index contributed by atoms with van der Waals surface area (Å²) in [5.41, 5.74) is 2.00. The second-order valence-corrected chi connectivity index (χ2v) is 10.0. The van der Waals surface area contributed by atoms with Gasteiger partial charge in [-0.15, -0.1) is 22.2 Å². The van der Waals surface area contributed by atoms with Gasteiger partial charge in [0.25, 0.3) is 0 Å². The van der Waals surface area contributed by atoms with Crippen LogP contribution in [0, 0.1) is 5.82 Å². The normalized spacial score (nSPS) is 15.7. The van der Waals surface area contributed by atoms with E-state index in [4.69, 9.17) is 22.2 Å². The van der Waals surface area contributed by atoms with Gasteiger partial charge in [0, 0.05) is 0 Å². The van der Waals surface area contributed by atoms with E-state index in [0.29, 0.717) is 0 Å². The number of fused-ring (bicyclic) bond motifs is 3. The molecule has 2 aromatic carbocycles. The Kier molecular flexibility index (Phi) is 2.15. The second kappa shape index (κ2) is 3.33. The minimum atomic E-state index is -2.71. The first-order valence-electron chi connectivity index (χ1n) is 4.88. The highest BCUT2D eigenvalue weighted by Crippen LogP contribution is 2.32. The summed E-state index contributed by atoms with van der Waals surface area (Å²) >= 11 is 12.9. The quantitative estimate of drug-likeness (QED) is 0.509. The zero-order valence-electron chi connectivity index (χ0n) is 8.18. The lowest BCUT2D eigenvalue weighted by Crippen LogP contribution is -2.44. The number of benzene rings is 2. The Hall–Kier alpha value is -0.833. The fourth-order valence-corrected chi connectivity index (χ4v) is 6.10. The van der Waals surface area contributed by atoms with E-state index in [1.165, 1.54) is 12.1 Å². The van der Waals surface area contributed by atoms with Crippen LogP contribution in [0.15, 0.2) is 42.5 Å². The predicted octanol–water partition coefficient (Wildman–Crippen LogP) is 2.84. The van der Waals surface area contributed by atoms with Crippen molar-refractivity contribution in [2.45, 2.75) is 0 Å². The Bertz CT molecular complexity index is 581. The summed E-state index contributed by atoms with van der Waals surface area (Å²) < 4.78 is 13.2. The minimum absolute atomic E-state index is 0.287. The summed E-state index contributed by atoms with van der Waals surface area (Å²) in [6.07, 6.45) is 0. The van der Waals surface area contributed by atoms with E-state index >= 15 is 0 Å². The monoisotopic (exact) mass is 268 g/mol. The highest BCUT2D eigenvalue weighted by molar-refractivity contribution is 7.57. The van der Waals surface area contributed by atoms with E-state index in [2.05, 4.69) is 0 Å². The van der Waals surface area contributed by atoms with Gasteiger partial charge in [-0.2, -0.15) is 0 Å². The lowest BCUT2D eigenvalue weighted by atomic mass is 10.1. The van der Waals surface area contributed by atoms with E-state index in [9.17, 15) is 4.39 Å². The van der Waals surface area contributed by atoms with Crippen LogP contribution in [0.1, 0.15) is 0 Å². The van der Waals surface area contributed by atoms with Gasteiger partial charge in [-0.25, -0.2) is 4.39 Å². The van der Waals surface area contributed by atoms with Gasteiger partial charge in [0.1, 0.15) is 5.82 Å². The molecule has 0 radical (unpaired) electrons. The van der Waals surface area contributed by atoms with Crippen LogP contribution in [0.4, 0.5) is 4.39 Å². The molecular weight excluding hydrogens is 262 g/mol. The van der Waals surface area contributed by atoms with Crippen LogP contribution in [0.5, 0.6) is 0 Å². The standard InChI is InChI=1S/C12H7Cl2FSi/c13-16(14)11-4-2-1-3-9(11)10-6-5-8(15)7-12(10)16/h1-7H. The van der Waals surface area contributed by atoms with Gasteiger partial charge < -0.3 is 0 Å². The van der Waals surface area contributed by atoms with Gasteiger partial charge in [0.05, 0.1) is 0 Å². The predicted molar refractivity (Wildman–Crippen MR) is 68.6 cm³/mol. The molecule has 1 aliphatic heterocycles. The fraction of sp³-hybridized carbons (Fsp3) is 0. The molecule has 0 atom stereocenters. The van der Waals surface area contributed by atoms with Gasteiger partial charge in [-0.1, -0.05) is 30.3 Å². The average Bonchev–Trinajstić information content (AvgIpc) is 2.49. The third-order valence-electron chi connectivity index (χ3n) is 2.88. The first-order chi connectivity index (χ1) is 7.60. The van der Waals surface area contributed by atoms with E-state index in [-0.39, 0.29) is 5.82 Å². The van der Waals surface area contributed by atoms with Crippen molar-refractivity contribution < 1.29 is 4.39 Å². The summed E-state index contributed by atoms with van der Waals surface area (Å²) in [4.78, 5) is 0. The topological polar surface area (TPSA) is 0 Å². The molecule has 80 valence electrons. The molecule has 1 aliphatic rings. The molecule has 0 spiro atoms. The molecule has 0 nitrogen and oxygen atoms in total. The van der Waals surface area contributed by atoms with Crippen molar-refractivity contribution in [3.63, 3.8) is 0 Å². The molecule has 2 aromatic rings. The lowest BCUT2D eigenvalue weighted by molar-refractivity contribution is 0.629. The summed E-state index contributed by atoms with van der Waals surface area (Å²) in [5.74, 6) is -0.287. The first kappa shape index (κ1) is 10.3. The molecule has 3 rings (SSSR count). The number of hydrogen-bond donors (Lipinski definition) is 0.